The molecule has 0 spiro atoms. The van der Waals surface area contributed by atoms with E-state index in [9.17, 15) is 14.7 Å². The number of carbonyl (C=O) groups excluding carboxylic acids is 1. The first-order chi connectivity index (χ1) is 9.81. The van der Waals surface area contributed by atoms with Crippen LogP contribution in [0.25, 0.3) is 0 Å². The summed E-state index contributed by atoms with van der Waals surface area (Å²) in [6, 6.07) is 0. The highest BCUT2D eigenvalue weighted by Gasteiger charge is 2.30. The van der Waals surface area contributed by atoms with Crippen LogP contribution in [0.3, 0.4) is 0 Å². The van der Waals surface area contributed by atoms with E-state index in [-0.39, 0.29) is 22.2 Å². The molecule has 0 aromatic carbocycles. The van der Waals surface area contributed by atoms with Crippen molar-refractivity contribution >= 4 is 28.5 Å². The van der Waals surface area contributed by atoms with Gasteiger partial charge in [-0.15, -0.1) is 11.3 Å². The van der Waals surface area contributed by atoms with Crippen LogP contribution in [0.4, 0.5) is 9.93 Å². The summed E-state index contributed by atoms with van der Waals surface area (Å²) in [4.78, 5) is 27.8. The van der Waals surface area contributed by atoms with Gasteiger partial charge in [-0.3, -0.25) is 5.32 Å². The second kappa shape index (κ2) is 6.24. The number of nitrogens with one attached hydrogen (secondary N) is 1. The van der Waals surface area contributed by atoms with Crippen LogP contribution in [0, 0.1) is 5.41 Å². The molecular weight excluding hydrogens is 304 g/mol. The second-order valence-electron chi connectivity index (χ2n) is 7.25. The Morgan fingerprint density at radius 2 is 1.77 bits per heavy atom. The smallest absolute Gasteiger partial charge is 0.413 e. The van der Waals surface area contributed by atoms with Gasteiger partial charge < -0.3 is 9.84 Å². The molecule has 0 saturated heterocycles. The highest BCUT2D eigenvalue weighted by atomic mass is 32.1. The molecule has 124 valence electrons. The summed E-state index contributed by atoms with van der Waals surface area (Å²) in [5, 5.41) is 12.1. The van der Waals surface area contributed by atoms with E-state index in [1.807, 2.05) is 27.7 Å². The summed E-state index contributed by atoms with van der Waals surface area (Å²) in [6.45, 7) is 13.3. The topological polar surface area (TPSA) is 88.5 Å². The zero-order valence-corrected chi connectivity index (χ0v) is 14.9. The van der Waals surface area contributed by atoms with Crippen molar-refractivity contribution in [3.63, 3.8) is 0 Å². The van der Waals surface area contributed by atoms with Gasteiger partial charge in [0.05, 0.1) is 0 Å². The normalized spacial score (nSPS) is 13.6. The van der Waals surface area contributed by atoms with Gasteiger partial charge >= 0.3 is 12.1 Å². The molecule has 7 heteroatoms. The molecule has 0 aliphatic carbocycles. The lowest BCUT2D eigenvalue weighted by molar-refractivity contribution is 0.0631. The van der Waals surface area contributed by atoms with E-state index in [0.29, 0.717) is 4.88 Å². The van der Waals surface area contributed by atoms with Crippen LogP contribution in [0.1, 0.15) is 69.7 Å². The van der Waals surface area contributed by atoms with Gasteiger partial charge in [0.1, 0.15) is 5.60 Å². The summed E-state index contributed by atoms with van der Waals surface area (Å²) < 4.78 is 5.15. The Morgan fingerprint density at radius 1 is 1.23 bits per heavy atom. The molecule has 1 atom stereocenters. The molecule has 1 amide bonds. The molecule has 1 heterocycles. The van der Waals surface area contributed by atoms with Crippen molar-refractivity contribution in [2.24, 2.45) is 5.41 Å². The van der Waals surface area contributed by atoms with E-state index in [1.54, 1.807) is 20.8 Å². The van der Waals surface area contributed by atoms with Gasteiger partial charge in [0.25, 0.3) is 0 Å². The fourth-order valence-electron chi connectivity index (χ4n) is 1.62. The lowest BCUT2D eigenvalue weighted by atomic mass is 9.81. The van der Waals surface area contributed by atoms with Crippen molar-refractivity contribution in [1.29, 1.82) is 0 Å². The minimum absolute atomic E-state index is 0.00899. The third kappa shape index (κ3) is 4.98. The van der Waals surface area contributed by atoms with Crippen LogP contribution in [0.2, 0.25) is 0 Å². The quantitative estimate of drug-likeness (QED) is 0.861. The van der Waals surface area contributed by atoms with Gasteiger partial charge in [0.2, 0.25) is 0 Å². The van der Waals surface area contributed by atoms with E-state index >= 15 is 0 Å². The molecule has 1 rings (SSSR count). The van der Waals surface area contributed by atoms with Gasteiger partial charge in [0, 0.05) is 4.88 Å². The third-order valence-electron chi connectivity index (χ3n) is 3.16. The van der Waals surface area contributed by atoms with Crippen LogP contribution >= 0.6 is 11.3 Å². The number of carboxylic acids is 1. The molecule has 0 bridgehead atoms. The molecule has 2 N–H and O–H groups in total. The summed E-state index contributed by atoms with van der Waals surface area (Å²) in [5.41, 5.74) is -0.753. The largest absolute Gasteiger partial charge is 0.476 e. The number of thiazole rings is 1. The van der Waals surface area contributed by atoms with E-state index in [0.717, 1.165) is 0 Å². The highest BCUT2D eigenvalue weighted by molar-refractivity contribution is 7.16. The number of rotatable bonds is 3. The Labute approximate surface area is 134 Å². The standard InChI is InChI=1S/C15H24N2O4S/c1-8(14(2,3)4)10-9(11(18)19)16-12(22-10)17-13(20)21-15(5,6)7/h8H,1-7H3,(H,18,19)(H,16,17,20). The molecular formula is C15H24N2O4S. The molecule has 1 aromatic rings. The minimum atomic E-state index is -1.10. The monoisotopic (exact) mass is 328 g/mol. The van der Waals surface area contributed by atoms with Crippen molar-refractivity contribution in [2.75, 3.05) is 5.32 Å². The maximum atomic E-state index is 11.8. The van der Waals surface area contributed by atoms with Crippen molar-refractivity contribution in [1.82, 2.24) is 4.98 Å². The van der Waals surface area contributed by atoms with Crippen LogP contribution in [-0.4, -0.2) is 27.8 Å². The van der Waals surface area contributed by atoms with E-state index in [1.165, 1.54) is 11.3 Å². The fraction of sp³-hybridized carbons (Fsp3) is 0.667. The first kappa shape index (κ1) is 18.4. The van der Waals surface area contributed by atoms with E-state index in [4.69, 9.17) is 4.74 Å². The molecule has 1 aromatic heterocycles. The maximum Gasteiger partial charge on any atom is 0.413 e. The highest BCUT2D eigenvalue weighted by Crippen LogP contribution is 2.40. The lowest BCUT2D eigenvalue weighted by Gasteiger charge is -2.26. The van der Waals surface area contributed by atoms with Gasteiger partial charge in [-0.25, -0.2) is 14.6 Å². The third-order valence-corrected chi connectivity index (χ3v) is 4.31. The molecule has 22 heavy (non-hydrogen) atoms. The lowest BCUT2D eigenvalue weighted by Crippen LogP contribution is -2.27. The second-order valence-corrected chi connectivity index (χ2v) is 8.28. The van der Waals surface area contributed by atoms with Crippen LogP contribution in [0.15, 0.2) is 0 Å². The van der Waals surface area contributed by atoms with E-state index in [2.05, 4.69) is 10.3 Å². The number of carboxylic acid groups (broad SMARTS) is 1. The fourth-order valence-corrected chi connectivity index (χ4v) is 2.86. The van der Waals surface area contributed by atoms with Gasteiger partial charge in [0.15, 0.2) is 10.8 Å². The summed E-state index contributed by atoms with van der Waals surface area (Å²) in [6.07, 6.45) is -0.645. The molecule has 0 aliphatic heterocycles. The number of ether oxygens (including phenoxy) is 1. The van der Waals surface area contributed by atoms with E-state index < -0.39 is 17.7 Å². The number of anilines is 1. The summed E-state index contributed by atoms with van der Waals surface area (Å²) in [5.74, 6) is -1.11. The maximum absolute atomic E-state index is 11.8. The summed E-state index contributed by atoms with van der Waals surface area (Å²) >= 11 is 1.17. The van der Waals surface area contributed by atoms with Gasteiger partial charge in [-0.2, -0.15) is 0 Å². The first-order valence-corrected chi connectivity index (χ1v) is 7.87. The molecule has 1 unspecified atom stereocenters. The zero-order valence-electron chi connectivity index (χ0n) is 14.1. The Hall–Kier alpha value is -1.63. The Morgan fingerprint density at radius 3 is 2.18 bits per heavy atom. The molecule has 0 saturated carbocycles. The Bertz CT molecular complexity index is 567. The number of carbonyl (C=O) groups is 2. The van der Waals surface area contributed by atoms with Crippen LogP contribution in [-0.2, 0) is 4.74 Å². The number of amides is 1. The molecule has 0 radical (unpaired) electrons. The van der Waals surface area contributed by atoms with Crippen molar-refractivity contribution in [3.05, 3.63) is 10.6 Å². The number of hydrogen-bond acceptors (Lipinski definition) is 5. The molecule has 0 aliphatic rings. The van der Waals surface area contributed by atoms with Crippen molar-refractivity contribution < 1.29 is 19.4 Å². The SMILES string of the molecule is CC(c1sc(NC(=O)OC(C)(C)C)nc1C(=O)O)C(C)(C)C. The average molecular weight is 328 g/mol. The van der Waals surface area contributed by atoms with Crippen LogP contribution < -0.4 is 5.32 Å². The number of hydrogen-bond donors (Lipinski definition) is 2. The van der Waals surface area contributed by atoms with Gasteiger partial charge in [-0.1, -0.05) is 27.7 Å². The molecule has 6 nitrogen and oxygen atoms in total. The number of aromatic nitrogens is 1. The minimum Gasteiger partial charge on any atom is -0.476 e. The number of nitrogens with zero attached hydrogens (tertiary/aromatic N) is 1. The zero-order chi connectivity index (χ0) is 17.3. The van der Waals surface area contributed by atoms with Crippen LogP contribution in [0.5, 0.6) is 0 Å². The van der Waals surface area contributed by atoms with Gasteiger partial charge in [-0.05, 0) is 32.1 Å². The molecule has 0 fully saturated rings. The van der Waals surface area contributed by atoms with Crippen molar-refractivity contribution in [2.45, 2.75) is 60.0 Å². The average Bonchev–Trinajstić information content (AvgIpc) is 2.67. The summed E-state index contributed by atoms with van der Waals surface area (Å²) in [7, 11) is 0. The predicted molar refractivity (Wildman–Crippen MR) is 86.8 cm³/mol. The predicted octanol–water partition coefficient (Wildman–Crippen LogP) is 4.34. The number of aromatic carboxylic acids is 1. The Balaban J connectivity index is 3.05. The Kier molecular flexibility index (Phi) is 5.22. The first-order valence-electron chi connectivity index (χ1n) is 7.05. The van der Waals surface area contributed by atoms with Crippen molar-refractivity contribution in [3.8, 4) is 0 Å².